The molecule has 0 saturated carbocycles. The average molecular weight is 718 g/mol. The molecule has 2 aromatic carbocycles. The van der Waals surface area contributed by atoms with Crippen molar-refractivity contribution in [3.8, 4) is 22.9 Å². The van der Waals surface area contributed by atoms with E-state index in [1.54, 1.807) is 36.4 Å². The Balaban J connectivity index is 1.66. The van der Waals surface area contributed by atoms with Crippen molar-refractivity contribution in [2.75, 3.05) is 18.5 Å². The number of carbonyl (C=O) groups is 1. The third-order valence-electron chi connectivity index (χ3n) is 5.53. The van der Waals surface area contributed by atoms with Crippen LogP contribution in [0.25, 0.3) is 11.3 Å². The molecule has 5 N–H and O–H groups in total. The molecule has 0 spiro atoms. The second-order valence-corrected chi connectivity index (χ2v) is 12.0. The van der Waals surface area contributed by atoms with E-state index in [-0.39, 0.29) is 24.4 Å². The number of H-pyrrole nitrogens is 1. The molecular formula is C25H22BrFIN3O6S. The molecule has 0 aliphatic rings. The van der Waals surface area contributed by atoms with Gasteiger partial charge in [-0.2, -0.15) is 0 Å². The highest BCUT2D eigenvalue weighted by molar-refractivity contribution is 14.1. The number of amides is 1. The number of aromatic hydroxyl groups is 1. The smallest absolute Gasteiger partial charge is 0.329 e. The van der Waals surface area contributed by atoms with Crippen LogP contribution in [0.1, 0.15) is 10.9 Å². The molecule has 0 fully saturated rings. The minimum absolute atomic E-state index is 0.0435. The largest absolute Gasteiger partial charge is 0.493 e. The lowest BCUT2D eigenvalue weighted by Crippen LogP contribution is -2.33. The number of hydrogen-bond donors (Lipinski definition) is 5. The van der Waals surface area contributed by atoms with Crippen LogP contribution < -0.4 is 15.7 Å². The number of aromatic amines is 1. The van der Waals surface area contributed by atoms with Gasteiger partial charge in [-0.15, -0.1) is 11.3 Å². The van der Waals surface area contributed by atoms with Gasteiger partial charge in [0.25, 0.3) is 0 Å². The summed E-state index contributed by atoms with van der Waals surface area (Å²) in [4.78, 5) is 29.8. The first-order chi connectivity index (χ1) is 18.2. The van der Waals surface area contributed by atoms with Crippen molar-refractivity contribution in [2.45, 2.75) is 18.6 Å². The summed E-state index contributed by atoms with van der Waals surface area (Å²) in [5, 5.41) is 32.0. The van der Waals surface area contributed by atoms with Crippen molar-refractivity contribution < 1.29 is 29.2 Å². The lowest BCUT2D eigenvalue weighted by Gasteiger charge is -2.18. The van der Waals surface area contributed by atoms with Gasteiger partial charge in [0.15, 0.2) is 0 Å². The molecule has 9 nitrogen and oxygen atoms in total. The SMILES string of the molecule is O=C(Nc1ccc(I)cc1F)[C@H](Cc1ccc(Br)s1)n1c(O)c(-c2ccc(OC[C@H](O)CO)cc2)[nH]c1=O. The summed E-state index contributed by atoms with van der Waals surface area (Å²) in [5.74, 6) is -1.35. The molecule has 0 aliphatic carbocycles. The second-order valence-electron chi connectivity index (χ2n) is 8.21. The van der Waals surface area contributed by atoms with Crippen LogP contribution in [0.15, 0.2) is 63.2 Å². The molecule has 2 heterocycles. The first-order valence-corrected chi connectivity index (χ1v) is 13.9. The first-order valence-electron chi connectivity index (χ1n) is 11.2. The Bertz CT molecular complexity index is 1490. The van der Waals surface area contributed by atoms with E-state index in [0.29, 0.717) is 14.9 Å². The Morgan fingerprint density at radius 3 is 2.58 bits per heavy atom. The molecule has 0 aliphatic heterocycles. The van der Waals surface area contributed by atoms with Gasteiger partial charge in [-0.05, 0) is 93.1 Å². The summed E-state index contributed by atoms with van der Waals surface area (Å²) >= 11 is 6.71. The van der Waals surface area contributed by atoms with E-state index >= 15 is 0 Å². The number of nitrogens with one attached hydrogen (secondary N) is 2. The van der Waals surface area contributed by atoms with Crippen LogP contribution in [0.5, 0.6) is 11.6 Å². The highest BCUT2D eigenvalue weighted by Gasteiger charge is 2.29. The number of aromatic nitrogens is 2. The quantitative estimate of drug-likeness (QED) is 0.156. The molecule has 200 valence electrons. The van der Waals surface area contributed by atoms with Gasteiger partial charge in [0, 0.05) is 20.4 Å². The first kappa shape index (κ1) is 28.3. The monoisotopic (exact) mass is 717 g/mol. The molecule has 0 bridgehead atoms. The Labute approximate surface area is 242 Å². The topological polar surface area (TPSA) is 137 Å². The van der Waals surface area contributed by atoms with Crippen LogP contribution in [0.4, 0.5) is 10.1 Å². The van der Waals surface area contributed by atoms with Crippen molar-refractivity contribution in [3.05, 3.63) is 83.1 Å². The van der Waals surface area contributed by atoms with Gasteiger partial charge in [-0.3, -0.25) is 4.79 Å². The number of imidazole rings is 1. The van der Waals surface area contributed by atoms with Crippen LogP contribution in [-0.2, 0) is 11.2 Å². The third-order valence-corrected chi connectivity index (χ3v) is 7.84. The maximum Gasteiger partial charge on any atom is 0.329 e. The predicted octanol–water partition coefficient (Wildman–Crippen LogP) is 4.27. The van der Waals surface area contributed by atoms with Gasteiger partial charge in [0.05, 0.1) is 16.1 Å². The minimum atomic E-state index is -1.20. The summed E-state index contributed by atoms with van der Waals surface area (Å²) in [5.41, 5.74) is -0.238. The number of carbonyl (C=O) groups excluding carboxylic acids is 1. The van der Waals surface area contributed by atoms with Gasteiger partial charge in [-0.1, -0.05) is 0 Å². The fourth-order valence-corrected chi connectivity index (χ4v) is 5.63. The third kappa shape index (κ3) is 6.64. The van der Waals surface area contributed by atoms with Crippen molar-refractivity contribution >= 4 is 61.5 Å². The zero-order valence-corrected chi connectivity index (χ0v) is 24.1. The second kappa shape index (κ2) is 12.4. The van der Waals surface area contributed by atoms with Crippen LogP contribution in [0, 0.1) is 9.39 Å². The lowest BCUT2D eigenvalue weighted by molar-refractivity contribution is -0.119. The molecule has 1 amide bonds. The number of halogens is 3. The molecular weight excluding hydrogens is 696 g/mol. The summed E-state index contributed by atoms with van der Waals surface area (Å²) < 4.78 is 22.3. The molecule has 38 heavy (non-hydrogen) atoms. The molecule has 4 rings (SSSR count). The number of anilines is 1. The van der Waals surface area contributed by atoms with Crippen molar-refractivity contribution in [1.29, 1.82) is 0 Å². The molecule has 2 aromatic heterocycles. The summed E-state index contributed by atoms with van der Waals surface area (Å²) in [7, 11) is 0. The van der Waals surface area contributed by atoms with Crippen molar-refractivity contribution in [3.63, 3.8) is 0 Å². The van der Waals surface area contributed by atoms with Gasteiger partial charge >= 0.3 is 5.69 Å². The minimum Gasteiger partial charge on any atom is -0.493 e. The molecule has 13 heteroatoms. The van der Waals surface area contributed by atoms with Crippen LogP contribution in [0.2, 0.25) is 0 Å². The fraction of sp³-hybridized carbons (Fsp3) is 0.200. The Morgan fingerprint density at radius 1 is 1.21 bits per heavy atom. The zero-order chi connectivity index (χ0) is 27.4. The Kier molecular flexibility index (Phi) is 9.25. The number of thiophene rings is 1. The van der Waals surface area contributed by atoms with E-state index in [1.165, 1.54) is 23.5 Å². The summed E-state index contributed by atoms with van der Waals surface area (Å²) in [6.07, 6.45) is -0.956. The number of rotatable bonds is 10. The molecule has 0 radical (unpaired) electrons. The number of aliphatic hydroxyl groups excluding tert-OH is 2. The van der Waals surface area contributed by atoms with Gasteiger partial charge in [-0.25, -0.2) is 13.8 Å². The fourth-order valence-electron chi connectivity index (χ4n) is 3.65. The molecule has 0 saturated heterocycles. The van der Waals surface area contributed by atoms with E-state index < -0.39 is 42.0 Å². The van der Waals surface area contributed by atoms with Gasteiger partial charge < -0.3 is 30.4 Å². The maximum atomic E-state index is 14.5. The van der Waals surface area contributed by atoms with E-state index in [2.05, 4.69) is 26.2 Å². The van der Waals surface area contributed by atoms with Gasteiger partial charge in [0.2, 0.25) is 11.8 Å². The molecule has 2 atom stereocenters. The Hall–Kier alpha value is -2.72. The summed E-state index contributed by atoms with van der Waals surface area (Å²) in [6.45, 7) is -0.542. The normalized spacial score (nSPS) is 12.8. The zero-order valence-electron chi connectivity index (χ0n) is 19.5. The highest BCUT2D eigenvalue weighted by atomic mass is 127. The van der Waals surface area contributed by atoms with E-state index in [0.717, 1.165) is 13.2 Å². The number of ether oxygens (including phenoxy) is 1. The van der Waals surface area contributed by atoms with E-state index in [4.69, 9.17) is 9.84 Å². The Morgan fingerprint density at radius 2 is 1.95 bits per heavy atom. The standard InChI is InChI=1S/C25H22BrFIN3O6S/c26-21-8-6-17(38-21)10-20(23(34)29-19-7-3-14(28)9-18(19)27)31-24(35)22(30-25(31)36)13-1-4-16(5-2-13)37-12-15(33)11-32/h1-9,15,20,32-33,35H,10-12H2,(H,29,34)(H,30,36)/t15-,20+/m1/s1. The number of hydrogen-bond acceptors (Lipinski definition) is 7. The molecule has 0 unspecified atom stereocenters. The van der Waals surface area contributed by atoms with Crippen LogP contribution >= 0.6 is 49.9 Å². The van der Waals surface area contributed by atoms with E-state index in [1.807, 2.05) is 28.7 Å². The molecule has 4 aromatic rings. The number of nitrogens with zero attached hydrogens (tertiary/aromatic N) is 1. The predicted molar refractivity (Wildman–Crippen MR) is 153 cm³/mol. The van der Waals surface area contributed by atoms with Crippen LogP contribution in [0.3, 0.4) is 0 Å². The maximum absolute atomic E-state index is 14.5. The van der Waals surface area contributed by atoms with Crippen molar-refractivity contribution in [1.82, 2.24) is 9.55 Å². The van der Waals surface area contributed by atoms with Crippen LogP contribution in [-0.4, -0.2) is 50.1 Å². The van der Waals surface area contributed by atoms with Gasteiger partial charge in [0.1, 0.15) is 36.0 Å². The summed E-state index contributed by atoms with van der Waals surface area (Å²) in [6, 6.07) is 13.1. The van der Waals surface area contributed by atoms with E-state index in [9.17, 15) is 24.2 Å². The number of aliphatic hydroxyl groups is 2. The average Bonchev–Trinajstić information content (AvgIpc) is 3.44. The lowest BCUT2D eigenvalue weighted by atomic mass is 10.1. The highest BCUT2D eigenvalue weighted by Crippen LogP contribution is 2.33. The van der Waals surface area contributed by atoms with Crippen molar-refractivity contribution in [2.24, 2.45) is 0 Å². The number of benzene rings is 2.